The van der Waals surface area contributed by atoms with Crippen LogP contribution in [0.2, 0.25) is 0 Å². The number of fused-ring (bicyclic) bond motifs is 1. The number of aromatic nitrogens is 3. The smallest absolute Gasteiger partial charge is 0.338 e. The first kappa shape index (κ1) is 18.1. The Morgan fingerprint density at radius 3 is 2.85 bits per heavy atom. The monoisotopic (exact) mass is 360 g/mol. The van der Waals surface area contributed by atoms with Gasteiger partial charge in [-0.3, -0.25) is 0 Å². The summed E-state index contributed by atoms with van der Waals surface area (Å²) < 4.78 is 26.7. The van der Waals surface area contributed by atoms with E-state index in [1.54, 1.807) is 25.1 Å². The van der Waals surface area contributed by atoms with E-state index in [0.717, 1.165) is 0 Å². The molecule has 26 heavy (non-hydrogen) atoms. The Balaban J connectivity index is 1.91. The number of carbonyl (C=O) groups excluding carboxylic acids is 1. The number of anilines is 1. The first-order valence-corrected chi connectivity index (χ1v) is 8.39. The van der Waals surface area contributed by atoms with Gasteiger partial charge in [0, 0.05) is 11.3 Å². The van der Waals surface area contributed by atoms with E-state index in [2.05, 4.69) is 15.4 Å². The van der Waals surface area contributed by atoms with Gasteiger partial charge in [0.2, 0.25) is 5.95 Å². The quantitative estimate of drug-likeness (QED) is 0.630. The third-order valence-electron chi connectivity index (χ3n) is 3.98. The number of nitrogens with one attached hydrogen (secondary N) is 1. The maximum Gasteiger partial charge on any atom is 0.338 e. The van der Waals surface area contributed by atoms with E-state index in [4.69, 9.17) is 9.47 Å². The summed E-state index contributed by atoms with van der Waals surface area (Å²) in [5.74, 6) is -0.533. The maximum atomic E-state index is 14.5. The van der Waals surface area contributed by atoms with E-state index in [1.807, 2.05) is 13.8 Å². The number of ether oxygens (including phenoxy) is 2. The molecule has 8 heteroatoms. The fourth-order valence-corrected chi connectivity index (χ4v) is 2.84. The van der Waals surface area contributed by atoms with Crippen LogP contribution in [-0.2, 0) is 14.3 Å². The first-order chi connectivity index (χ1) is 12.5. The molecule has 1 aromatic carbocycles. The molecule has 1 N–H and O–H groups in total. The summed E-state index contributed by atoms with van der Waals surface area (Å²) in [4.78, 5) is 16.8. The maximum absolute atomic E-state index is 14.5. The second kappa shape index (κ2) is 7.65. The molecule has 0 spiro atoms. The molecule has 1 aliphatic heterocycles. The van der Waals surface area contributed by atoms with Gasteiger partial charge in [-0.25, -0.2) is 13.9 Å². The molecule has 0 aliphatic carbocycles. The average molecular weight is 360 g/mol. The predicted octanol–water partition coefficient (Wildman–Crippen LogP) is 2.67. The fraction of sp³-hybridized carbons (Fsp3) is 0.389. The molecule has 0 saturated heterocycles. The Bertz CT molecular complexity index is 831. The highest BCUT2D eigenvalue weighted by Crippen LogP contribution is 2.36. The highest BCUT2D eigenvalue weighted by molar-refractivity contribution is 5.92. The summed E-state index contributed by atoms with van der Waals surface area (Å²) in [5.41, 5.74) is 1.16. The normalized spacial score (nSPS) is 16.4. The van der Waals surface area contributed by atoms with Crippen molar-refractivity contribution in [3.8, 4) is 0 Å². The number of esters is 1. The van der Waals surface area contributed by atoms with Crippen LogP contribution in [0.1, 0.15) is 32.4 Å². The van der Waals surface area contributed by atoms with Gasteiger partial charge < -0.3 is 14.8 Å². The highest BCUT2D eigenvalue weighted by atomic mass is 19.1. The lowest BCUT2D eigenvalue weighted by atomic mass is 9.95. The molecule has 0 amide bonds. The number of hydrogen-bond donors (Lipinski definition) is 1. The van der Waals surface area contributed by atoms with Crippen LogP contribution in [0.25, 0.3) is 0 Å². The standard InChI is InChI=1S/C18H21FN4O3/c1-11(2)25-8-9-26-17(24)15-12(3)22-18-20-10-21-23(18)16(15)13-6-4-5-7-14(13)19/h4-7,10-11,16H,8-9H2,1-3H3,(H,20,21,22)/t16-/m1/s1. The van der Waals surface area contributed by atoms with Crippen LogP contribution in [0.15, 0.2) is 41.9 Å². The lowest BCUT2D eigenvalue weighted by Gasteiger charge is -2.28. The van der Waals surface area contributed by atoms with E-state index in [0.29, 0.717) is 23.8 Å². The van der Waals surface area contributed by atoms with Crippen molar-refractivity contribution in [1.82, 2.24) is 14.8 Å². The lowest BCUT2D eigenvalue weighted by molar-refractivity contribution is -0.141. The van der Waals surface area contributed by atoms with Gasteiger partial charge in [-0.1, -0.05) is 18.2 Å². The zero-order valence-electron chi connectivity index (χ0n) is 14.9. The SMILES string of the molecule is CC1=C(C(=O)OCCOC(C)C)[C@@H](c2ccccc2F)n2ncnc2N1. The average Bonchev–Trinajstić information content (AvgIpc) is 3.05. The second-order valence-corrected chi connectivity index (χ2v) is 6.17. The van der Waals surface area contributed by atoms with E-state index in [9.17, 15) is 9.18 Å². The number of rotatable bonds is 6. The topological polar surface area (TPSA) is 78.3 Å². The molecule has 7 nitrogen and oxygen atoms in total. The summed E-state index contributed by atoms with van der Waals surface area (Å²) in [6.45, 7) is 5.94. The number of benzene rings is 1. The van der Waals surface area contributed by atoms with Crippen LogP contribution in [0.4, 0.5) is 10.3 Å². The van der Waals surface area contributed by atoms with Crippen molar-refractivity contribution in [3.05, 3.63) is 53.2 Å². The molecule has 0 radical (unpaired) electrons. The molecular weight excluding hydrogens is 339 g/mol. The minimum Gasteiger partial charge on any atom is -0.460 e. The van der Waals surface area contributed by atoms with Crippen LogP contribution >= 0.6 is 0 Å². The number of nitrogens with zero attached hydrogens (tertiary/aromatic N) is 3. The van der Waals surface area contributed by atoms with Gasteiger partial charge in [-0.15, -0.1) is 0 Å². The number of allylic oxidation sites excluding steroid dienone is 1. The van der Waals surface area contributed by atoms with Crippen molar-refractivity contribution in [3.63, 3.8) is 0 Å². The lowest BCUT2D eigenvalue weighted by Crippen LogP contribution is -2.30. The molecule has 0 unspecified atom stereocenters. The summed E-state index contributed by atoms with van der Waals surface area (Å²) in [5, 5.41) is 7.17. The van der Waals surface area contributed by atoms with E-state index in [1.165, 1.54) is 17.1 Å². The van der Waals surface area contributed by atoms with Crippen LogP contribution in [0, 0.1) is 5.82 Å². The number of halogens is 1. The van der Waals surface area contributed by atoms with Crippen molar-refractivity contribution in [1.29, 1.82) is 0 Å². The fourth-order valence-electron chi connectivity index (χ4n) is 2.84. The van der Waals surface area contributed by atoms with Gasteiger partial charge in [0.1, 0.15) is 24.8 Å². The zero-order chi connectivity index (χ0) is 18.7. The van der Waals surface area contributed by atoms with Crippen molar-refractivity contribution < 1.29 is 18.7 Å². The largest absolute Gasteiger partial charge is 0.460 e. The van der Waals surface area contributed by atoms with Crippen LogP contribution in [0.3, 0.4) is 0 Å². The van der Waals surface area contributed by atoms with E-state index in [-0.39, 0.29) is 18.3 Å². The van der Waals surface area contributed by atoms with Gasteiger partial charge in [0.25, 0.3) is 0 Å². The van der Waals surface area contributed by atoms with Gasteiger partial charge in [-0.05, 0) is 26.8 Å². The van der Waals surface area contributed by atoms with Gasteiger partial charge >= 0.3 is 5.97 Å². The Kier molecular flexibility index (Phi) is 5.32. The Morgan fingerprint density at radius 2 is 2.12 bits per heavy atom. The molecule has 2 aromatic rings. The Morgan fingerprint density at radius 1 is 1.35 bits per heavy atom. The Labute approximate surface area is 150 Å². The molecule has 0 saturated carbocycles. The van der Waals surface area contributed by atoms with Crippen molar-refractivity contribution in [2.75, 3.05) is 18.5 Å². The van der Waals surface area contributed by atoms with E-state index >= 15 is 0 Å². The summed E-state index contributed by atoms with van der Waals surface area (Å²) in [6.07, 6.45) is 1.41. The molecule has 3 rings (SSSR count). The Hall–Kier alpha value is -2.74. The van der Waals surface area contributed by atoms with E-state index < -0.39 is 17.8 Å². The molecule has 0 bridgehead atoms. The van der Waals surface area contributed by atoms with Crippen molar-refractivity contribution in [2.24, 2.45) is 0 Å². The first-order valence-electron chi connectivity index (χ1n) is 8.39. The van der Waals surface area contributed by atoms with Crippen molar-refractivity contribution in [2.45, 2.75) is 32.9 Å². The molecular formula is C18H21FN4O3. The summed E-state index contributed by atoms with van der Waals surface area (Å²) >= 11 is 0. The van der Waals surface area contributed by atoms with Crippen LogP contribution in [-0.4, -0.2) is 40.1 Å². The van der Waals surface area contributed by atoms with Gasteiger partial charge in [0.05, 0.1) is 18.3 Å². The molecule has 2 heterocycles. The predicted molar refractivity (Wildman–Crippen MR) is 92.9 cm³/mol. The minimum atomic E-state index is -0.756. The van der Waals surface area contributed by atoms with Gasteiger partial charge in [0.15, 0.2) is 0 Å². The van der Waals surface area contributed by atoms with Crippen LogP contribution < -0.4 is 5.32 Å². The molecule has 138 valence electrons. The zero-order valence-corrected chi connectivity index (χ0v) is 14.9. The highest BCUT2D eigenvalue weighted by Gasteiger charge is 2.35. The molecule has 1 aromatic heterocycles. The van der Waals surface area contributed by atoms with Crippen LogP contribution in [0.5, 0.6) is 0 Å². The third kappa shape index (κ3) is 3.60. The number of carbonyl (C=O) groups is 1. The summed E-state index contributed by atoms with van der Waals surface area (Å²) in [6, 6.07) is 5.53. The van der Waals surface area contributed by atoms with Gasteiger partial charge in [-0.2, -0.15) is 10.1 Å². The molecule has 1 aliphatic rings. The minimum absolute atomic E-state index is 0.0508. The third-order valence-corrected chi connectivity index (χ3v) is 3.98. The summed E-state index contributed by atoms with van der Waals surface area (Å²) in [7, 11) is 0. The van der Waals surface area contributed by atoms with Crippen molar-refractivity contribution >= 4 is 11.9 Å². The molecule has 0 fully saturated rings. The molecule has 1 atom stereocenters. The second-order valence-electron chi connectivity index (χ2n) is 6.17. The number of hydrogen-bond acceptors (Lipinski definition) is 6.